The Bertz CT molecular complexity index is 144. The average molecular weight is 212 g/mol. The quantitative estimate of drug-likeness (QED) is 0.505. The maximum absolute atomic E-state index is 2.47. The van der Waals surface area contributed by atoms with Crippen molar-refractivity contribution < 1.29 is 0 Å². The van der Waals surface area contributed by atoms with Gasteiger partial charge < -0.3 is 0 Å². The lowest BCUT2D eigenvalue weighted by Gasteiger charge is -2.24. The molecule has 92 valence electrons. The van der Waals surface area contributed by atoms with Crippen molar-refractivity contribution in [3.05, 3.63) is 11.6 Å². The van der Waals surface area contributed by atoms with Crippen LogP contribution in [0.1, 0.15) is 74.1 Å². The van der Waals surface area contributed by atoms with E-state index in [0.717, 1.165) is 11.8 Å². The molecule has 1 rings (SSSR count). The van der Waals surface area contributed by atoms with Gasteiger partial charge >= 0.3 is 0 Å². The molecule has 15 heavy (non-hydrogen) atoms. The number of rotatable bonds is 2. The molecule has 0 amide bonds. The minimum absolute atomic E-state index is 0.824. The summed E-state index contributed by atoms with van der Waals surface area (Å²) < 4.78 is 0. The third-order valence-corrected chi connectivity index (χ3v) is 2.97. The van der Waals surface area contributed by atoms with E-state index in [1.165, 1.54) is 25.7 Å². The summed E-state index contributed by atoms with van der Waals surface area (Å²) in [5, 5.41) is 0. The molecule has 2 atom stereocenters. The van der Waals surface area contributed by atoms with Gasteiger partial charge in [0.2, 0.25) is 0 Å². The van der Waals surface area contributed by atoms with E-state index in [1.807, 2.05) is 27.7 Å². The second kappa shape index (κ2) is 11.8. The highest BCUT2D eigenvalue weighted by Gasteiger charge is 2.16. The first-order chi connectivity index (χ1) is 7.25. The number of hydrogen-bond acceptors (Lipinski definition) is 0. The van der Waals surface area contributed by atoms with E-state index in [-0.39, 0.29) is 0 Å². The zero-order valence-electron chi connectivity index (χ0n) is 12.1. The predicted molar refractivity (Wildman–Crippen MR) is 73.2 cm³/mol. The van der Waals surface area contributed by atoms with E-state index in [2.05, 4.69) is 26.8 Å². The van der Waals surface area contributed by atoms with Crippen molar-refractivity contribution in [1.82, 2.24) is 0 Å². The molecule has 0 heterocycles. The van der Waals surface area contributed by atoms with Crippen LogP contribution in [0.2, 0.25) is 0 Å². The summed E-state index contributed by atoms with van der Waals surface area (Å²) in [6.45, 7) is 15.0. The molecule has 2 unspecified atom stereocenters. The molecule has 0 aromatic rings. The Balaban J connectivity index is 0. The van der Waals surface area contributed by atoms with Gasteiger partial charge in [-0.25, -0.2) is 0 Å². The van der Waals surface area contributed by atoms with Crippen LogP contribution in [0.5, 0.6) is 0 Å². The molecule has 0 saturated carbocycles. The lowest BCUT2D eigenvalue weighted by atomic mass is 9.81. The lowest BCUT2D eigenvalue weighted by Crippen LogP contribution is -2.11. The standard InChI is InChI=1S/C11H20.2C2H6/c1-4-9(2)11-8-6-5-7-10(11)3;2*1-2/h8-10H,4-7H2,1-3H3;2*1-2H3. The Labute approximate surface area is 98.2 Å². The van der Waals surface area contributed by atoms with Gasteiger partial charge in [-0.15, -0.1) is 0 Å². The van der Waals surface area contributed by atoms with Gasteiger partial charge in [-0.2, -0.15) is 0 Å². The molecule has 1 aliphatic rings. The van der Waals surface area contributed by atoms with Gasteiger partial charge in [0.25, 0.3) is 0 Å². The third-order valence-electron chi connectivity index (χ3n) is 2.97. The summed E-state index contributed by atoms with van der Waals surface area (Å²) in [4.78, 5) is 0. The average Bonchev–Trinajstić information content (AvgIpc) is 2.34. The topological polar surface area (TPSA) is 0 Å². The Morgan fingerprint density at radius 3 is 2.20 bits per heavy atom. The Morgan fingerprint density at radius 1 is 1.27 bits per heavy atom. The number of allylic oxidation sites excluding steroid dienone is 2. The fourth-order valence-electron chi connectivity index (χ4n) is 1.98. The smallest absolute Gasteiger partial charge is 0.0229 e. The van der Waals surface area contributed by atoms with Crippen molar-refractivity contribution in [3.63, 3.8) is 0 Å². The fraction of sp³-hybridized carbons (Fsp3) is 0.867. The van der Waals surface area contributed by atoms with Crippen LogP contribution in [-0.2, 0) is 0 Å². The van der Waals surface area contributed by atoms with E-state index in [0.29, 0.717) is 0 Å². The second-order valence-electron chi connectivity index (χ2n) is 3.85. The van der Waals surface area contributed by atoms with Crippen molar-refractivity contribution >= 4 is 0 Å². The molecule has 0 N–H and O–H groups in total. The van der Waals surface area contributed by atoms with Gasteiger partial charge in [0.05, 0.1) is 0 Å². The fourth-order valence-corrected chi connectivity index (χ4v) is 1.98. The summed E-state index contributed by atoms with van der Waals surface area (Å²) in [6, 6.07) is 0. The van der Waals surface area contributed by atoms with E-state index in [9.17, 15) is 0 Å². The van der Waals surface area contributed by atoms with Crippen LogP contribution >= 0.6 is 0 Å². The molecular formula is C15H32. The number of hydrogen-bond donors (Lipinski definition) is 0. The minimum atomic E-state index is 0.824. The molecule has 0 spiro atoms. The van der Waals surface area contributed by atoms with Crippen LogP contribution in [0.4, 0.5) is 0 Å². The van der Waals surface area contributed by atoms with Gasteiger partial charge in [0.1, 0.15) is 0 Å². The summed E-state index contributed by atoms with van der Waals surface area (Å²) in [5.74, 6) is 1.68. The summed E-state index contributed by atoms with van der Waals surface area (Å²) in [6.07, 6.45) is 7.92. The van der Waals surface area contributed by atoms with E-state index in [1.54, 1.807) is 5.57 Å². The molecule has 0 radical (unpaired) electrons. The molecule has 0 nitrogen and oxygen atoms in total. The lowest BCUT2D eigenvalue weighted by molar-refractivity contribution is 0.475. The Hall–Kier alpha value is -0.260. The zero-order chi connectivity index (χ0) is 12.3. The van der Waals surface area contributed by atoms with Crippen LogP contribution in [0.3, 0.4) is 0 Å². The first kappa shape index (κ1) is 17.1. The van der Waals surface area contributed by atoms with Crippen molar-refractivity contribution in [2.24, 2.45) is 11.8 Å². The summed E-state index contributed by atoms with van der Waals surface area (Å²) in [5.41, 5.74) is 1.72. The van der Waals surface area contributed by atoms with Crippen LogP contribution < -0.4 is 0 Å². The molecule has 0 fully saturated rings. The highest BCUT2D eigenvalue weighted by atomic mass is 14.2. The molecule has 0 saturated heterocycles. The Kier molecular flexibility index (Phi) is 13.5. The van der Waals surface area contributed by atoms with Crippen LogP contribution in [0.25, 0.3) is 0 Å². The van der Waals surface area contributed by atoms with Gasteiger partial charge in [-0.05, 0) is 37.5 Å². The molecular weight excluding hydrogens is 180 g/mol. The zero-order valence-corrected chi connectivity index (χ0v) is 12.1. The molecule has 0 aromatic carbocycles. The largest absolute Gasteiger partial charge is 0.0848 e. The summed E-state index contributed by atoms with van der Waals surface area (Å²) >= 11 is 0. The van der Waals surface area contributed by atoms with Gasteiger partial charge in [0.15, 0.2) is 0 Å². The van der Waals surface area contributed by atoms with E-state index >= 15 is 0 Å². The first-order valence-electron chi connectivity index (χ1n) is 6.95. The molecule has 1 aliphatic carbocycles. The third kappa shape index (κ3) is 6.76. The second-order valence-corrected chi connectivity index (χ2v) is 3.85. The first-order valence-corrected chi connectivity index (χ1v) is 6.95. The van der Waals surface area contributed by atoms with Crippen LogP contribution in [0, 0.1) is 11.8 Å². The SMILES string of the molecule is CC.CC.CCC(C)C1=CCCCC1C. The highest BCUT2D eigenvalue weighted by molar-refractivity contribution is 5.11. The van der Waals surface area contributed by atoms with Crippen LogP contribution in [-0.4, -0.2) is 0 Å². The van der Waals surface area contributed by atoms with Crippen molar-refractivity contribution in [2.75, 3.05) is 0 Å². The molecule has 0 bridgehead atoms. The van der Waals surface area contributed by atoms with Gasteiger partial charge in [-0.3, -0.25) is 0 Å². The maximum atomic E-state index is 2.47. The van der Waals surface area contributed by atoms with Crippen LogP contribution in [0.15, 0.2) is 11.6 Å². The predicted octanol–water partition coefficient (Wildman–Crippen LogP) is 5.83. The molecule has 0 heteroatoms. The molecule has 0 aromatic heterocycles. The van der Waals surface area contributed by atoms with Crippen molar-refractivity contribution in [3.8, 4) is 0 Å². The van der Waals surface area contributed by atoms with E-state index < -0.39 is 0 Å². The van der Waals surface area contributed by atoms with Gasteiger partial charge in [-0.1, -0.05) is 60.1 Å². The van der Waals surface area contributed by atoms with E-state index in [4.69, 9.17) is 0 Å². The molecule has 0 aliphatic heterocycles. The minimum Gasteiger partial charge on any atom is -0.0848 e. The monoisotopic (exact) mass is 212 g/mol. The normalized spacial score (nSPS) is 21.3. The van der Waals surface area contributed by atoms with Crippen molar-refractivity contribution in [1.29, 1.82) is 0 Å². The summed E-state index contributed by atoms with van der Waals surface area (Å²) in [7, 11) is 0. The maximum Gasteiger partial charge on any atom is -0.0229 e. The van der Waals surface area contributed by atoms with Crippen molar-refractivity contribution in [2.45, 2.75) is 74.1 Å². The highest BCUT2D eigenvalue weighted by Crippen LogP contribution is 2.30. The van der Waals surface area contributed by atoms with Gasteiger partial charge in [0, 0.05) is 0 Å². The Morgan fingerprint density at radius 2 is 1.80 bits per heavy atom.